The molecular weight excluding hydrogens is 396 g/mol. The van der Waals surface area contributed by atoms with Gasteiger partial charge in [-0.1, -0.05) is 18.2 Å². The second-order valence-electron chi connectivity index (χ2n) is 8.32. The van der Waals surface area contributed by atoms with E-state index in [1.165, 1.54) is 12.1 Å². The van der Waals surface area contributed by atoms with Crippen LogP contribution in [0.25, 0.3) is 6.08 Å². The van der Waals surface area contributed by atoms with Crippen LogP contribution in [0.1, 0.15) is 69.7 Å². The molecule has 2 bridgehead atoms. The van der Waals surface area contributed by atoms with Crippen LogP contribution in [0.4, 0.5) is 0 Å². The molecule has 0 aromatic carbocycles. The Labute approximate surface area is 180 Å². The molecule has 4 atom stereocenters. The van der Waals surface area contributed by atoms with Crippen LogP contribution in [-0.4, -0.2) is 45.5 Å². The number of aromatic nitrogens is 4. The highest BCUT2D eigenvalue weighted by Crippen LogP contribution is 2.58. The second kappa shape index (κ2) is 7.83. The van der Waals surface area contributed by atoms with Gasteiger partial charge in [0, 0.05) is 22.7 Å². The smallest absolute Gasteiger partial charge is 0.359 e. The highest BCUT2D eigenvalue weighted by Gasteiger charge is 2.51. The van der Waals surface area contributed by atoms with E-state index < -0.39 is 0 Å². The minimum Gasteiger partial charge on any atom is -0.461 e. The van der Waals surface area contributed by atoms with Crippen molar-refractivity contribution in [1.82, 2.24) is 20.4 Å². The molecule has 1 fully saturated rings. The average molecular weight is 422 g/mol. The Morgan fingerprint density at radius 3 is 2.42 bits per heavy atom. The van der Waals surface area contributed by atoms with Crippen LogP contribution in [0, 0.1) is 17.8 Å². The molecule has 4 unspecified atom stereocenters. The zero-order valence-corrected chi connectivity index (χ0v) is 17.7. The number of carbonyl (C=O) groups excluding carboxylic acids is 2. The van der Waals surface area contributed by atoms with Crippen molar-refractivity contribution in [2.24, 2.45) is 17.8 Å². The van der Waals surface area contributed by atoms with Gasteiger partial charge in [0.15, 0.2) is 11.4 Å². The SMILES string of the molecule is CCOC(=O)c1n[nH]c2c1CC1C3C=CC(C3)C21.CCOC(=O)c1n[nH]c2c1CC=C2. The van der Waals surface area contributed by atoms with Crippen molar-refractivity contribution in [1.29, 1.82) is 0 Å². The summed E-state index contributed by atoms with van der Waals surface area (Å²) in [6.07, 6.45) is 11.6. The van der Waals surface area contributed by atoms with Crippen molar-refractivity contribution >= 4 is 18.0 Å². The monoisotopic (exact) mass is 422 g/mol. The number of esters is 2. The number of H-pyrrole nitrogens is 2. The first-order valence-corrected chi connectivity index (χ1v) is 11.0. The molecule has 0 radical (unpaired) electrons. The third-order valence-corrected chi connectivity index (χ3v) is 6.74. The van der Waals surface area contributed by atoms with Gasteiger partial charge in [0.05, 0.1) is 18.9 Å². The zero-order chi connectivity index (χ0) is 21.5. The van der Waals surface area contributed by atoms with Crippen molar-refractivity contribution in [3.63, 3.8) is 0 Å². The maximum Gasteiger partial charge on any atom is 0.359 e. The van der Waals surface area contributed by atoms with Crippen LogP contribution in [0.15, 0.2) is 18.2 Å². The number of hydrogen-bond acceptors (Lipinski definition) is 6. The number of nitrogens with one attached hydrogen (secondary N) is 2. The van der Waals surface area contributed by atoms with Gasteiger partial charge in [-0.15, -0.1) is 0 Å². The number of aromatic amines is 2. The van der Waals surface area contributed by atoms with E-state index in [9.17, 15) is 9.59 Å². The van der Waals surface area contributed by atoms with E-state index in [1.807, 2.05) is 19.1 Å². The number of nitrogens with zero attached hydrogens (tertiary/aromatic N) is 2. The van der Waals surface area contributed by atoms with Gasteiger partial charge in [0.2, 0.25) is 0 Å². The molecule has 31 heavy (non-hydrogen) atoms. The topological polar surface area (TPSA) is 110 Å². The Kier molecular flexibility index (Phi) is 5.00. The Bertz CT molecular complexity index is 1080. The van der Waals surface area contributed by atoms with Crippen molar-refractivity contribution in [2.75, 3.05) is 13.2 Å². The molecule has 4 aliphatic rings. The molecule has 0 spiro atoms. The average Bonchev–Trinajstić information content (AvgIpc) is 3.55. The Hall–Kier alpha value is -3.16. The summed E-state index contributed by atoms with van der Waals surface area (Å²) in [5.41, 5.74) is 5.10. The Morgan fingerprint density at radius 2 is 1.68 bits per heavy atom. The van der Waals surface area contributed by atoms with Gasteiger partial charge in [0.25, 0.3) is 0 Å². The molecular formula is C23H26N4O4. The number of rotatable bonds is 4. The van der Waals surface area contributed by atoms with Gasteiger partial charge in [-0.05, 0) is 56.9 Å². The van der Waals surface area contributed by atoms with Gasteiger partial charge in [-0.3, -0.25) is 10.2 Å². The highest BCUT2D eigenvalue weighted by molar-refractivity contribution is 5.90. The van der Waals surface area contributed by atoms with Gasteiger partial charge in [0.1, 0.15) is 0 Å². The maximum absolute atomic E-state index is 11.8. The summed E-state index contributed by atoms with van der Waals surface area (Å²) in [6.45, 7) is 4.39. The van der Waals surface area contributed by atoms with Crippen molar-refractivity contribution in [3.8, 4) is 0 Å². The normalized spacial score (nSPS) is 25.6. The van der Waals surface area contributed by atoms with Gasteiger partial charge >= 0.3 is 11.9 Å². The predicted octanol–water partition coefficient (Wildman–Crippen LogP) is 3.20. The van der Waals surface area contributed by atoms with Crippen LogP contribution >= 0.6 is 0 Å². The summed E-state index contributed by atoms with van der Waals surface area (Å²) >= 11 is 0. The third kappa shape index (κ3) is 3.21. The molecule has 162 valence electrons. The lowest BCUT2D eigenvalue weighted by Crippen LogP contribution is -2.14. The Balaban J connectivity index is 0.000000140. The fourth-order valence-corrected chi connectivity index (χ4v) is 5.48. The van der Waals surface area contributed by atoms with E-state index in [4.69, 9.17) is 9.47 Å². The maximum atomic E-state index is 11.8. The van der Waals surface area contributed by atoms with Crippen LogP contribution in [0.2, 0.25) is 0 Å². The third-order valence-electron chi connectivity index (χ3n) is 6.74. The number of hydrogen-bond donors (Lipinski definition) is 2. The molecule has 2 aromatic rings. The minimum absolute atomic E-state index is 0.282. The molecule has 8 nitrogen and oxygen atoms in total. The van der Waals surface area contributed by atoms with Gasteiger partial charge in [-0.2, -0.15) is 10.2 Å². The second-order valence-corrected chi connectivity index (χ2v) is 8.32. The molecule has 2 N–H and O–H groups in total. The minimum atomic E-state index is -0.344. The first kappa shape index (κ1) is 19.8. The van der Waals surface area contributed by atoms with E-state index in [2.05, 4.69) is 32.5 Å². The van der Waals surface area contributed by atoms with Crippen LogP contribution in [-0.2, 0) is 22.3 Å². The van der Waals surface area contributed by atoms with Gasteiger partial charge in [-0.25, -0.2) is 9.59 Å². The quantitative estimate of drug-likeness (QED) is 0.578. The lowest BCUT2D eigenvalue weighted by molar-refractivity contribution is 0.0508. The lowest BCUT2D eigenvalue weighted by atomic mass is 9.85. The van der Waals surface area contributed by atoms with E-state index in [-0.39, 0.29) is 11.9 Å². The first-order valence-electron chi connectivity index (χ1n) is 11.0. The summed E-state index contributed by atoms with van der Waals surface area (Å²) < 4.78 is 9.93. The molecule has 2 aromatic heterocycles. The molecule has 0 amide bonds. The molecule has 0 saturated heterocycles. The summed E-state index contributed by atoms with van der Waals surface area (Å²) in [5, 5.41) is 14.0. The zero-order valence-electron chi connectivity index (χ0n) is 17.7. The molecule has 8 heteroatoms. The molecule has 2 heterocycles. The fraction of sp³-hybridized carbons (Fsp3) is 0.478. The summed E-state index contributed by atoms with van der Waals surface area (Å²) in [7, 11) is 0. The van der Waals surface area contributed by atoms with E-state index in [0.717, 1.165) is 29.7 Å². The van der Waals surface area contributed by atoms with Crippen molar-refractivity contribution in [3.05, 3.63) is 52.1 Å². The molecule has 4 aliphatic carbocycles. The Morgan fingerprint density at radius 1 is 1.00 bits per heavy atom. The predicted molar refractivity (Wildman–Crippen MR) is 112 cm³/mol. The van der Waals surface area contributed by atoms with Crippen molar-refractivity contribution in [2.45, 2.75) is 39.0 Å². The number of ether oxygens (including phenoxy) is 2. The fourth-order valence-electron chi connectivity index (χ4n) is 5.48. The van der Waals surface area contributed by atoms with Crippen LogP contribution in [0.3, 0.4) is 0 Å². The van der Waals surface area contributed by atoms with E-state index >= 15 is 0 Å². The summed E-state index contributed by atoms with van der Waals surface area (Å²) in [5.74, 6) is 1.97. The molecule has 1 saturated carbocycles. The largest absolute Gasteiger partial charge is 0.461 e. The van der Waals surface area contributed by atoms with Crippen LogP contribution < -0.4 is 0 Å². The molecule has 6 rings (SSSR count). The number of carbonyl (C=O) groups is 2. The highest BCUT2D eigenvalue weighted by atomic mass is 16.5. The number of fused-ring (bicyclic) bond motifs is 8. The van der Waals surface area contributed by atoms with E-state index in [1.54, 1.807) is 6.92 Å². The van der Waals surface area contributed by atoms with Crippen molar-refractivity contribution < 1.29 is 19.1 Å². The number of allylic oxidation sites excluding steroid dienone is 3. The standard InChI is InChI=1S/C14H16N2O2.C9H10N2O2/c1-2-18-14(17)13-10-6-9-7-3-4-8(5-7)11(9)12(10)15-16-13;1-2-13-9(12)8-6-4-3-5-7(6)10-11-8/h3-4,7-9,11H,2,5-6H2,1H3,(H,15,16);3,5H,2,4H2,1H3,(H,10,11). The van der Waals surface area contributed by atoms with Gasteiger partial charge < -0.3 is 9.47 Å². The first-order chi connectivity index (χ1) is 15.1. The lowest BCUT2D eigenvalue weighted by Gasteiger charge is -2.20. The summed E-state index contributed by atoms with van der Waals surface area (Å²) in [4.78, 5) is 23.2. The summed E-state index contributed by atoms with van der Waals surface area (Å²) in [6, 6.07) is 0. The van der Waals surface area contributed by atoms with E-state index in [0.29, 0.717) is 48.3 Å². The molecule has 0 aliphatic heterocycles. The van der Waals surface area contributed by atoms with Crippen LogP contribution in [0.5, 0.6) is 0 Å².